The summed E-state index contributed by atoms with van der Waals surface area (Å²) in [4.78, 5) is 0. The average Bonchev–Trinajstić information content (AvgIpc) is 3.13. The summed E-state index contributed by atoms with van der Waals surface area (Å²) in [6, 6.07) is 20.5. The van der Waals surface area contributed by atoms with Crippen LogP contribution in [0.2, 0.25) is 0 Å². The highest BCUT2D eigenvalue weighted by Crippen LogP contribution is 2.33. The van der Waals surface area contributed by atoms with Gasteiger partial charge in [-0.25, -0.2) is 4.39 Å². The Kier molecular flexibility index (Phi) is 3.46. The van der Waals surface area contributed by atoms with Gasteiger partial charge in [0.05, 0.1) is 0 Å². The molecule has 28 heavy (non-hydrogen) atoms. The van der Waals surface area contributed by atoms with Crippen LogP contribution in [-0.2, 0) is 0 Å². The molecule has 0 unspecified atom stereocenters. The fourth-order valence-corrected chi connectivity index (χ4v) is 5.04. The largest absolute Gasteiger partial charge is 0.292 e. The van der Waals surface area contributed by atoms with E-state index in [2.05, 4.69) is 51.4 Å². The fraction of sp³-hybridized carbons (Fsp3) is 0.240. The lowest BCUT2D eigenvalue weighted by molar-refractivity contribution is -0.479. The standard InChI is InChI=1S/C25H22FN2/c26-21-9-12-24-20(15-21)6-10-22-16-27-23-11-7-18(17-4-2-1-3-5-17)14-19(23)8-13-25(27)28(22)24/h6-17H,1-5H2/q+1. The Hall–Kier alpha value is -2.94. The molecule has 0 N–H and O–H groups in total. The van der Waals surface area contributed by atoms with Gasteiger partial charge in [-0.1, -0.05) is 25.3 Å². The molecule has 3 heterocycles. The Labute approximate surface area is 162 Å². The molecule has 0 amide bonds. The van der Waals surface area contributed by atoms with Crippen molar-refractivity contribution in [2.75, 3.05) is 0 Å². The van der Waals surface area contributed by atoms with Crippen LogP contribution in [0.3, 0.4) is 0 Å². The number of fused-ring (bicyclic) bond motifs is 7. The highest BCUT2D eigenvalue weighted by molar-refractivity contribution is 5.85. The van der Waals surface area contributed by atoms with E-state index in [0.29, 0.717) is 5.92 Å². The second-order valence-corrected chi connectivity index (χ2v) is 8.14. The number of nitrogens with zero attached hydrogens (tertiary/aromatic N) is 2. The summed E-state index contributed by atoms with van der Waals surface area (Å²) in [6.45, 7) is 0. The molecule has 1 fully saturated rings. The SMILES string of the molecule is Fc1ccc2c(ccc3c[n+]4c5ccc(C6CCCCC6)cc5ccc4n32)c1. The molecule has 3 heteroatoms. The molecule has 2 nitrogen and oxygen atoms in total. The van der Waals surface area contributed by atoms with Crippen molar-refractivity contribution in [2.24, 2.45) is 0 Å². The number of hydrogen-bond acceptors (Lipinski definition) is 0. The summed E-state index contributed by atoms with van der Waals surface area (Å²) in [5.41, 5.74) is 5.94. The van der Waals surface area contributed by atoms with Crippen LogP contribution in [0.15, 0.2) is 66.9 Å². The number of aromatic nitrogens is 2. The Balaban J connectivity index is 1.60. The van der Waals surface area contributed by atoms with E-state index in [1.807, 2.05) is 12.1 Å². The molecule has 1 aliphatic rings. The van der Waals surface area contributed by atoms with Crippen LogP contribution >= 0.6 is 0 Å². The van der Waals surface area contributed by atoms with Gasteiger partial charge in [0.25, 0.3) is 5.65 Å². The van der Waals surface area contributed by atoms with E-state index >= 15 is 0 Å². The second kappa shape index (κ2) is 6.03. The van der Waals surface area contributed by atoms with Gasteiger partial charge in [-0.05, 0) is 72.9 Å². The first-order valence-electron chi connectivity index (χ1n) is 10.3. The smallest absolute Gasteiger partial charge is 0.207 e. The van der Waals surface area contributed by atoms with Crippen LogP contribution < -0.4 is 4.40 Å². The third-order valence-corrected chi connectivity index (χ3v) is 6.46. The topological polar surface area (TPSA) is 8.51 Å². The molecule has 1 aliphatic carbocycles. The lowest BCUT2D eigenvalue weighted by atomic mass is 9.84. The summed E-state index contributed by atoms with van der Waals surface area (Å²) in [5.74, 6) is 0.516. The molecule has 1 saturated carbocycles. The Morgan fingerprint density at radius 2 is 1.68 bits per heavy atom. The van der Waals surface area contributed by atoms with Gasteiger partial charge in [-0.2, -0.15) is 8.80 Å². The van der Waals surface area contributed by atoms with Crippen LogP contribution in [0.1, 0.15) is 43.6 Å². The van der Waals surface area contributed by atoms with Gasteiger partial charge in [-0.3, -0.25) is 0 Å². The lowest BCUT2D eigenvalue weighted by Crippen LogP contribution is -2.20. The highest BCUT2D eigenvalue weighted by Gasteiger charge is 2.19. The first-order valence-corrected chi connectivity index (χ1v) is 10.3. The normalized spacial score (nSPS) is 15.9. The maximum Gasteiger partial charge on any atom is 0.292 e. The van der Waals surface area contributed by atoms with Crippen molar-refractivity contribution in [2.45, 2.75) is 38.0 Å². The summed E-state index contributed by atoms with van der Waals surface area (Å²) in [6.07, 6.45) is 8.92. The van der Waals surface area contributed by atoms with Crippen molar-refractivity contribution in [3.05, 3.63) is 78.2 Å². The predicted molar refractivity (Wildman–Crippen MR) is 111 cm³/mol. The molecule has 2 aromatic carbocycles. The number of benzene rings is 2. The molecule has 3 aromatic heterocycles. The van der Waals surface area contributed by atoms with Crippen molar-refractivity contribution in [1.82, 2.24) is 4.40 Å². The summed E-state index contributed by atoms with van der Waals surface area (Å²) < 4.78 is 18.1. The van der Waals surface area contributed by atoms with Crippen LogP contribution in [0.25, 0.3) is 33.0 Å². The maximum absolute atomic E-state index is 13.7. The Morgan fingerprint density at radius 3 is 2.57 bits per heavy atom. The molecule has 0 spiro atoms. The van der Waals surface area contributed by atoms with Crippen LogP contribution in [0.4, 0.5) is 4.39 Å². The molecule has 0 aliphatic heterocycles. The summed E-state index contributed by atoms with van der Waals surface area (Å²) in [5, 5.41) is 2.20. The summed E-state index contributed by atoms with van der Waals surface area (Å²) in [7, 11) is 0. The zero-order valence-corrected chi connectivity index (χ0v) is 15.7. The van der Waals surface area contributed by atoms with Crippen molar-refractivity contribution >= 4 is 33.0 Å². The van der Waals surface area contributed by atoms with Gasteiger partial charge >= 0.3 is 0 Å². The first-order chi connectivity index (χ1) is 13.8. The van der Waals surface area contributed by atoms with Gasteiger partial charge in [0, 0.05) is 16.8 Å². The first kappa shape index (κ1) is 16.1. The minimum Gasteiger partial charge on any atom is -0.207 e. The number of rotatable bonds is 1. The maximum atomic E-state index is 13.7. The molecule has 0 atom stereocenters. The van der Waals surface area contributed by atoms with E-state index in [9.17, 15) is 4.39 Å². The van der Waals surface area contributed by atoms with Gasteiger partial charge in [-0.15, -0.1) is 0 Å². The van der Waals surface area contributed by atoms with Gasteiger partial charge in [0.1, 0.15) is 23.0 Å². The number of hydrogen-bond donors (Lipinski definition) is 0. The van der Waals surface area contributed by atoms with Crippen molar-refractivity contribution < 1.29 is 8.79 Å². The number of halogens is 1. The lowest BCUT2D eigenvalue weighted by Gasteiger charge is -2.22. The van der Waals surface area contributed by atoms with E-state index in [1.165, 1.54) is 54.6 Å². The monoisotopic (exact) mass is 369 g/mol. The van der Waals surface area contributed by atoms with Crippen molar-refractivity contribution in [1.29, 1.82) is 0 Å². The zero-order valence-electron chi connectivity index (χ0n) is 15.7. The molecular formula is C25H22FN2+. The third-order valence-electron chi connectivity index (χ3n) is 6.46. The van der Waals surface area contributed by atoms with Crippen LogP contribution in [-0.4, -0.2) is 4.40 Å². The van der Waals surface area contributed by atoms with E-state index in [1.54, 1.807) is 6.07 Å². The van der Waals surface area contributed by atoms with E-state index < -0.39 is 0 Å². The van der Waals surface area contributed by atoms with Crippen molar-refractivity contribution in [3.8, 4) is 0 Å². The number of pyridine rings is 2. The Morgan fingerprint density at radius 1 is 0.821 bits per heavy atom. The van der Waals surface area contributed by atoms with Gasteiger partial charge in [0.2, 0.25) is 0 Å². The number of imidazole rings is 1. The molecule has 0 saturated heterocycles. The minimum absolute atomic E-state index is 0.198. The fourth-order valence-electron chi connectivity index (χ4n) is 5.04. The summed E-state index contributed by atoms with van der Waals surface area (Å²) >= 11 is 0. The highest BCUT2D eigenvalue weighted by atomic mass is 19.1. The third kappa shape index (κ3) is 2.35. The molecule has 0 bridgehead atoms. The molecular weight excluding hydrogens is 347 g/mol. The second-order valence-electron chi connectivity index (χ2n) is 8.14. The quantitative estimate of drug-likeness (QED) is 0.312. The Bertz CT molecular complexity index is 1360. The van der Waals surface area contributed by atoms with E-state index in [4.69, 9.17) is 0 Å². The average molecular weight is 369 g/mol. The molecule has 5 aromatic rings. The van der Waals surface area contributed by atoms with Crippen LogP contribution in [0.5, 0.6) is 0 Å². The molecule has 0 radical (unpaired) electrons. The molecule has 138 valence electrons. The van der Waals surface area contributed by atoms with E-state index in [-0.39, 0.29) is 5.82 Å². The van der Waals surface area contributed by atoms with Gasteiger partial charge < -0.3 is 0 Å². The predicted octanol–water partition coefficient (Wildman–Crippen LogP) is 6.17. The zero-order chi connectivity index (χ0) is 18.7. The van der Waals surface area contributed by atoms with Gasteiger partial charge in [0.15, 0.2) is 5.52 Å². The van der Waals surface area contributed by atoms with E-state index in [0.717, 1.165) is 22.1 Å². The van der Waals surface area contributed by atoms with Crippen molar-refractivity contribution in [3.63, 3.8) is 0 Å². The minimum atomic E-state index is -0.198. The molecule has 6 rings (SSSR count). The van der Waals surface area contributed by atoms with Crippen LogP contribution in [0, 0.1) is 5.82 Å².